The van der Waals surface area contributed by atoms with Crippen LogP contribution in [0.15, 0.2) is 42.7 Å². The van der Waals surface area contributed by atoms with Crippen molar-refractivity contribution >= 4 is 28.4 Å². The van der Waals surface area contributed by atoms with Crippen LogP contribution in [0.1, 0.15) is 16.9 Å². The second-order valence-corrected chi connectivity index (χ2v) is 6.62. The number of amides is 2. The first-order valence-corrected chi connectivity index (χ1v) is 8.89. The summed E-state index contributed by atoms with van der Waals surface area (Å²) in [6, 6.07) is 9.12. The lowest BCUT2D eigenvalue weighted by Gasteiger charge is -2.18. The van der Waals surface area contributed by atoms with Crippen molar-refractivity contribution in [3.63, 3.8) is 0 Å². The zero-order chi connectivity index (χ0) is 18.8. The Kier molecular flexibility index (Phi) is 4.64. The fourth-order valence-electron chi connectivity index (χ4n) is 3.44. The number of ether oxygens (including phenoxy) is 1. The van der Waals surface area contributed by atoms with Crippen molar-refractivity contribution in [2.75, 3.05) is 19.0 Å². The summed E-state index contributed by atoms with van der Waals surface area (Å²) in [5, 5.41) is 10.6. The Balaban J connectivity index is 1.47. The van der Waals surface area contributed by atoms with Gasteiger partial charge < -0.3 is 20.4 Å². The predicted octanol–water partition coefficient (Wildman–Crippen LogP) is 1.77. The Labute approximate surface area is 155 Å². The Hall–Kier alpha value is -3.13. The maximum atomic E-state index is 12.7. The molecule has 0 radical (unpaired) electrons. The fourth-order valence-corrected chi connectivity index (χ4v) is 3.44. The number of fused-ring (bicyclic) bond motifs is 1. The van der Waals surface area contributed by atoms with E-state index in [9.17, 15) is 9.59 Å². The van der Waals surface area contributed by atoms with Gasteiger partial charge in [0, 0.05) is 55.1 Å². The smallest absolute Gasteiger partial charge is 0.267 e. The molecule has 3 N–H and O–H groups in total. The first-order chi connectivity index (χ1) is 13.1. The highest BCUT2D eigenvalue weighted by Crippen LogP contribution is 2.25. The minimum absolute atomic E-state index is 0.0840. The molecule has 3 aromatic rings. The number of hydrogen-bond donors (Lipinski definition) is 3. The molecule has 8 heteroatoms. The summed E-state index contributed by atoms with van der Waals surface area (Å²) in [5.74, 6) is -0.260. The topological polar surface area (TPSA) is 101 Å². The molecule has 1 saturated heterocycles. The second kappa shape index (κ2) is 7.24. The quantitative estimate of drug-likeness (QED) is 0.640. The van der Waals surface area contributed by atoms with Crippen LogP contribution in [0.3, 0.4) is 0 Å². The van der Waals surface area contributed by atoms with E-state index in [1.165, 1.54) is 0 Å². The molecule has 0 aliphatic carbocycles. The number of carbonyl (C=O) groups is 2. The van der Waals surface area contributed by atoms with Crippen LogP contribution >= 0.6 is 0 Å². The number of carbonyl (C=O) groups excluding carboxylic acids is 2. The monoisotopic (exact) mass is 367 g/mol. The number of anilines is 1. The van der Waals surface area contributed by atoms with Gasteiger partial charge in [0.05, 0.1) is 0 Å². The van der Waals surface area contributed by atoms with E-state index < -0.39 is 6.10 Å². The lowest BCUT2D eigenvalue weighted by Crippen LogP contribution is -2.34. The van der Waals surface area contributed by atoms with Gasteiger partial charge in [-0.15, -0.1) is 0 Å². The molecule has 0 bridgehead atoms. The Morgan fingerprint density at radius 1 is 1.37 bits per heavy atom. The summed E-state index contributed by atoms with van der Waals surface area (Å²) in [5.41, 5.74) is 1.98. The van der Waals surface area contributed by atoms with Crippen LogP contribution < -0.4 is 10.6 Å². The molecule has 27 heavy (non-hydrogen) atoms. The van der Waals surface area contributed by atoms with E-state index in [4.69, 9.17) is 4.74 Å². The normalized spacial score (nSPS) is 19.3. The number of rotatable bonds is 5. The zero-order valence-corrected chi connectivity index (χ0v) is 14.9. The molecule has 0 saturated carbocycles. The van der Waals surface area contributed by atoms with E-state index in [2.05, 4.69) is 20.7 Å². The first kappa shape index (κ1) is 17.3. The third-order valence-electron chi connectivity index (χ3n) is 4.81. The number of nitrogens with zero attached hydrogens (tertiary/aromatic N) is 2. The van der Waals surface area contributed by atoms with Crippen LogP contribution in [0.25, 0.3) is 10.9 Å². The Morgan fingerprint density at radius 2 is 2.26 bits per heavy atom. The van der Waals surface area contributed by atoms with Crippen molar-refractivity contribution < 1.29 is 14.3 Å². The summed E-state index contributed by atoms with van der Waals surface area (Å²) in [7, 11) is 1.58. The van der Waals surface area contributed by atoms with Crippen molar-refractivity contribution in [2.24, 2.45) is 5.92 Å². The minimum Gasteiger partial charge on any atom is -0.368 e. The number of hydrogen-bond acceptors (Lipinski definition) is 4. The zero-order valence-electron chi connectivity index (χ0n) is 14.9. The highest BCUT2D eigenvalue weighted by atomic mass is 16.5. The van der Waals surface area contributed by atoms with Crippen LogP contribution in [0.5, 0.6) is 0 Å². The van der Waals surface area contributed by atoms with Crippen molar-refractivity contribution in [1.82, 2.24) is 20.1 Å². The third kappa shape index (κ3) is 3.56. The van der Waals surface area contributed by atoms with Crippen LogP contribution in [0, 0.1) is 5.92 Å². The van der Waals surface area contributed by atoms with E-state index in [-0.39, 0.29) is 17.7 Å². The number of nitrogens with one attached hydrogen (secondary N) is 3. The number of benzene rings is 1. The molecular weight excluding hydrogens is 346 g/mol. The molecule has 1 aliphatic rings. The van der Waals surface area contributed by atoms with E-state index >= 15 is 0 Å². The second-order valence-electron chi connectivity index (χ2n) is 6.62. The average molecular weight is 367 g/mol. The van der Waals surface area contributed by atoms with Crippen molar-refractivity contribution in [3.05, 3.63) is 48.4 Å². The van der Waals surface area contributed by atoms with Crippen molar-refractivity contribution in [1.29, 1.82) is 0 Å². The van der Waals surface area contributed by atoms with Crippen molar-refractivity contribution in [3.8, 4) is 0 Å². The predicted molar refractivity (Wildman–Crippen MR) is 100 cm³/mol. The summed E-state index contributed by atoms with van der Waals surface area (Å²) in [4.78, 5) is 27.5. The minimum atomic E-state index is -0.502. The average Bonchev–Trinajstić information content (AvgIpc) is 3.41. The molecule has 140 valence electrons. The highest BCUT2D eigenvalue weighted by Gasteiger charge is 2.34. The van der Waals surface area contributed by atoms with Gasteiger partial charge in [0.2, 0.25) is 0 Å². The molecule has 2 aromatic heterocycles. The maximum Gasteiger partial charge on any atom is 0.267 e. The largest absolute Gasteiger partial charge is 0.368 e. The van der Waals surface area contributed by atoms with Crippen LogP contribution in [0.4, 0.5) is 5.69 Å². The van der Waals surface area contributed by atoms with Gasteiger partial charge >= 0.3 is 0 Å². The van der Waals surface area contributed by atoms with E-state index in [0.717, 1.165) is 17.3 Å². The first-order valence-electron chi connectivity index (χ1n) is 8.89. The summed E-state index contributed by atoms with van der Waals surface area (Å²) in [6.07, 6.45) is 3.93. The van der Waals surface area contributed by atoms with Gasteiger partial charge in [0.25, 0.3) is 11.8 Å². The summed E-state index contributed by atoms with van der Waals surface area (Å²) < 4.78 is 7.50. The van der Waals surface area contributed by atoms with E-state index in [0.29, 0.717) is 24.5 Å². The van der Waals surface area contributed by atoms with Gasteiger partial charge in [-0.1, -0.05) is 0 Å². The molecule has 2 amide bonds. The van der Waals surface area contributed by atoms with Gasteiger partial charge in [-0.05, 0) is 36.8 Å². The van der Waals surface area contributed by atoms with Crippen LogP contribution in [0.2, 0.25) is 0 Å². The SMILES string of the molecule is CNC(=O)c1cc2cc(NC(=O)[C@@H]3OCC[C@@H]3Cn3cccn3)ccc2[nH]1. The lowest BCUT2D eigenvalue weighted by molar-refractivity contribution is -0.126. The van der Waals surface area contributed by atoms with Gasteiger partial charge in [-0.3, -0.25) is 14.3 Å². The molecule has 2 atom stereocenters. The van der Waals surface area contributed by atoms with E-state index in [1.54, 1.807) is 19.3 Å². The molecule has 1 aliphatic heterocycles. The lowest BCUT2D eigenvalue weighted by atomic mass is 10.0. The van der Waals surface area contributed by atoms with Gasteiger partial charge in [-0.25, -0.2) is 0 Å². The number of H-pyrrole nitrogens is 1. The van der Waals surface area contributed by atoms with Crippen LogP contribution in [-0.4, -0.2) is 46.3 Å². The van der Waals surface area contributed by atoms with Crippen LogP contribution in [-0.2, 0) is 16.1 Å². The highest BCUT2D eigenvalue weighted by molar-refractivity contribution is 6.00. The summed E-state index contributed by atoms with van der Waals surface area (Å²) in [6.45, 7) is 1.22. The molecule has 4 rings (SSSR count). The molecule has 0 unspecified atom stereocenters. The molecule has 1 aromatic carbocycles. The van der Waals surface area contributed by atoms with Gasteiger partial charge in [-0.2, -0.15) is 5.10 Å². The molecule has 0 spiro atoms. The van der Waals surface area contributed by atoms with E-state index in [1.807, 2.05) is 35.1 Å². The summed E-state index contributed by atoms with van der Waals surface area (Å²) >= 11 is 0. The number of aromatic nitrogens is 3. The third-order valence-corrected chi connectivity index (χ3v) is 4.81. The number of aromatic amines is 1. The molecule has 8 nitrogen and oxygen atoms in total. The molecule has 1 fully saturated rings. The maximum absolute atomic E-state index is 12.7. The van der Waals surface area contributed by atoms with Gasteiger partial charge in [0.1, 0.15) is 11.8 Å². The molecular formula is C19H21N5O3. The van der Waals surface area contributed by atoms with Gasteiger partial charge in [0.15, 0.2) is 0 Å². The standard InChI is InChI=1S/C19H21N5O3/c1-20-18(25)16-10-13-9-14(3-4-15(13)23-16)22-19(26)17-12(5-8-27-17)11-24-7-2-6-21-24/h2-4,6-7,9-10,12,17,23H,5,8,11H2,1H3,(H,20,25)(H,22,26)/t12-,17-/m1/s1. The Bertz CT molecular complexity index is 963. The Morgan fingerprint density at radius 3 is 3.04 bits per heavy atom. The molecule has 3 heterocycles. The fraction of sp³-hybridized carbons (Fsp3) is 0.316. The van der Waals surface area contributed by atoms with Crippen molar-refractivity contribution in [2.45, 2.75) is 19.1 Å².